The van der Waals surface area contributed by atoms with Crippen molar-refractivity contribution >= 4 is 17.7 Å². The molecule has 0 saturated heterocycles. The van der Waals surface area contributed by atoms with Crippen LogP contribution in [0, 0.1) is 6.92 Å². The molecule has 0 aliphatic rings. The van der Waals surface area contributed by atoms with Crippen LogP contribution in [-0.4, -0.2) is 45.3 Å². The summed E-state index contributed by atoms with van der Waals surface area (Å²) in [6, 6.07) is 11.1. The molecule has 3 rings (SSSR count). The summed E-state index contributed by atoms with van der Waals surface area (Å²) < 4.78 is 1.72. The first-order valence-electron chi connectivity index (χ1n) is 8.87. The van der Waals surface area contributed by atoms with Gasteiger partial charge in [0.25, 0.3) is 5.91 Å². The first-order valence-corrected chi connectivity index (χ1v) is 8.87. The molecule has 0 saturated carbocycles. The van der Waals surface area contributed by atoms with E-state index in [2.05, 4.69) is 31.0 Å². The van der Waals surface area contributed by atoms with E-state index in [-0.39, 0.29) is 5.91 Å². The lowest BCUT2D eigenvalue weighted by Gasteiger charge is -2.10. The summed E-state index contributed by atoms with van der Waals surface area (Å²) in [6.45, 7) is 5.71. The number of hydrogen-bond acceptors (Lipinski definition) is 6. The number of aryl methyl sites for hydroxylation is 1. The van der Waals surface area contributed by atoms with E-state index in [1.165, 1.54) is 0 Å². The molecule has 0 aliphatic heterocycles. The molecule has 3 N–H and O–H groups in total. The van der Waals surface area contributed by atoms with E-state index < -0.39 is 0 Å². The van der Waals surface area contributed by atoms with E-state index in [9.17, 15) is 4.79 Å². The Bertz CT molecular complexity index is 893. The zero-order valence-electron chi connectivity index (χ0n) is 15.4. The van der Waals surface area contributed by atoms with Crippen LogP contribution < -0.4 is 16.0 Å². The lowest BCUT2D eigenvalue weighted by molar-refractivity contribution is 0.0955. The molecule has 0 aliphatic carbocycles. The molecule has 2 heterocycles. The monoisotopic (exact) mass is 365 g/mol. The third-order valence-electron chi connectivity index (χ3n) is 3.78. The fraction of sp³-hybridized carbons (Fsp3) is 0.263. The number of carbonyl (C=O) groups excluding carboxylic acids is 1. The van der Waals surface area contributed by atoms with Gasteiger partial charge in [-0.25, -0.2) is 9.67 Å². The van der Waals surface area contributed by atoms with E-state index >= 15 is 0 Å². The van der Waals surface area contributed by atoms with Gasteiger partial charge >= 0.3 is 0 Å². The second-order valence-electron chi connectivity index (χ2n) is 5.93. The highest BCUT2D eigenvalue weighted by molar-refractivity contribution is 5.94. The molecular weight excluding hydrogens is 342 g/mol. The van der Waals surface area contributed by atoms with Gasteiger partial charge in [-0.15, -0.1) is 0 Å². The Morgan fingerprint density at radius 3 is 2.78 bits per heavy atom. The number of anilines is 2. The quantitative estimate of drug-likeness (QED) is 0.530. The molecule has 1 amide bonds. The van der Waals surface area contributed by atoms with Crippen molar-refractivity contribution in [2.75, 3.05) is 30.3 Å². The third-order valence-corrected chi connectivity index (χ3v) is 3.78. The molecule has 0 spiro atoms. The van der Waals surface area contributed by atoms with Crippen molar-refractivity contribution in [2.45, 2.75) is 13.8 Å². The number of benzene rings is 1. The Morgan fingerprint density at radius 1 is 1.11 bits per heavy atom. The highest BCUT2D eigenvalue weighted by Gasteiger charge is 2.07. The molecule has 2 aromatic heterocycles. The summed E-state index contributed by atoms with van der Waals surface area (Å²) in [5.41, 5.74) is 2.32. The molecule has 8 heteroatoms. The van der Waals surface area contributed by atoms with Crippen LogP contribution in [0.4, 0.5) is 11.8 Å². The Kier molecular flexibility index (Phi) is 5.98. The number of amides is 1. The second-order valence-corrected chi connectivity index (χ2v) is 5.93. The summed E-state index contributed by atoms with van der Waals surface area (Å²) in [5, 5.41) is 13.4. The van der Waals surface area contributed by atoms with Crippen molar-refractivity contribution in [3.8, 4) is 5.69 Å². The molecule has 0 bridgehead atoms. The van der Waals surface area contributed by atoms with E-state index in [0.29, 0.717) is 24.6 Å². The normalized spacial score (nSPS) is 10.4. The third kappa shape index (κ3) is 5.04. The van der Waals surface area contributed by atoms with Gasteiger partial charge in [0.05, 0.1) is 5.69 Å². The number of aromatic nitrogens is 4. The van der Waals surface area contributed by atoms with Gasteiger partial charge in [-0.2, -0.15) is 10.1 Å². The largest absolute Gasteiger partial charge is 0.368 e. The van der Waals surface area contributed by atoms with Crippen molar-refractivity contribution in [1.29, 1.82) is 0 Å². The topological polar surface area (TPSA) is 96.8 Å². The van der Waals surface area contributed by atoms with Gasteiger partial charge in [-0.05, 0) is 38.1 Å². The Balaban J connectivity index is 1.52. The predicted octanol–water partition coefficient (Wildman–Crippen LogP) is 2.24. The predicted molar refractivity (Wildman–Crippen MR) is 105 cm³/mol. The summed E-state index contributed by atoms with van der Waals surface area (Å²) in [5.74, 6) is 1.20. The first kappa shape index (κ1) is 18.4. The van der Waals surface area contributed by atoms with Gasteiger partial charge in [0, 0.05) is 49.4 Å². The average Bonchev–Trinajstić information content (AvgIpc) is 3.20. The van der Waals surface area contributed by atoms with Crippen LogP contribution in [0.15, 0.2) is 48.8 Å². The lowest BCUT2D eigenvalue weighted by atomic mass is 10.2. The smallest absolute Gasteiger partial charge is 0.251 e. The summed E-state index contributed by atoms with van der Waals surface area (Å²) in [7, 11) is 0. The number of nitrogens with one attached hydrogen (secondary N) is 3. The van der Waals surface area contributed by atoms with Gasteiger partial charge in [0.15, 0.2) is 0 Å². The number of nitrogens with zero attached hydrogens (tertiary/aromatic N) is 4. The average molecular weight is 365 g/mol. The maximum atomic E-state index is 12.4. The van der Waals surface area contributed by atoms with Crippen LogP contribution in [0.1, 0.15) is 23.0 Å². The van der Waals surface area contributed by atoms with Crippen LogP contribution >= 0.6 is 0 Å². The van der Waals surface area contributed by atoms with E-state index in [0.717, 1.165) is 23.7 Å². The lowest BCUT2D eigenvalue weighted by Crippen LogP contribution is -2.29. The minimum absolute atomic E-state index is 0.127. The van der Waals surface area contributed by atoms with Crippen molar-refractivity contribution in [1.82, 2.24) is 25.1 Å². The Morgan fingerprint density at radius 2 is 2.00 bits per heavy atom. The molecule has 3 aromatic rings. The SMILES string of the molecule is CCNc1nc(C)cc(NCCNC(=O)c2cccc(-n3cccn3)c2)n1. The highest BCUT2D eigenvalue weighted by Crippen LogP contribution is 2.10. The van der Waals surface area contributed by atoms with Crippen LogP contribution in [0.2, 0.25) is 0 Å². The van der Waals surface area contributed by atoms with Crippen molar-refractivity contribution < 1.29 is 4.79 Å². The Labute approximate surface area is 158 Å². The zero-order chi connectivity index (χ0) is 19.1. The zero-order valence-corrected chi connectivity index (χ0v) is 15.4. The number of rotatable bonds is 8. The summed E-state index contributed by atoms with van der Waals surface area (Å²) >= 11 is 0. The molecule has 1 aromatic carbocycles. The molecule has 27 heavy (non-hydrogen) atoms. The molecule has 0 radical (unpaired) electrons. The number of carbonyl (C=O) groups is 1. The van der Waals surface area contributed by atoms with Crippen LogP contribution in [-0.2, 0) is 0 Å². The molecule has 8 nitrogen and oxygen atoms in total. The maximum absolute atomic E-state index is 12.4. The molecule has 140 valence electrons. The van der Waals surface area contributed by atoms with Gasteiger partial charge in [0.1, 0.15) is 5.82 Å². The van der Waals surface area contributed by atoms with Crippen molar-refractivity contribution in [3.05, 3.63) is 60.0 Å². The van der Waals surface area contributed by atoms with Gasteiger partial charge in [-0.3, -0.25) is 4.79 Å². The standard InChI is InChI=1S/C19H23N7O/c1-3-20-19-24-14(2)12-17(25-19)21-9-10-22-18(27)15-6-4-7-16(13-15)26-11-5-8-23-26/h4-8,11-13H,3,9-10H2,1-2H3,(H,22,27)(H2,20,21,24,25). The van der Waals surface area contributed by atoms with Gasteiger partial charge in [-0.1, -0.05) is 6.07 Å². The van der Waals surface area contributed by atoms with Crippen LogP contribution in [0.25, 0.3) is 5.69 Å². The highest BCUT2D eigenvalue weighted by atomic mass is 16.1. The molecular formula is C19H23N7O. The maximum Gasteiger partial charge on any atom is 0.251 e. The fourth-order valence-electron chi connectivity index (χ4n) is 2.58. The van der Waals surface area contributed by atoms with Gasteiger partial charge < -0.3 is 16.0 Å². The molecule has 0 unspecified atom stereocenters. The van der Waals surface area contributed by atoms with E-state index in [4.69, 9.17) is 0 Å². The minimum atomic E-state index is -0.127. The fourth-order valence-corrected chi connectivity index (χ4v) is 2.58. The van der Waals surface area contributed by atoms with Crippen LogP contribution in [0.5, 0.6) is 0 Å². The number of hydrogen-bond donors (Lipinski definition) is 3. The minimum Gasteiger partial charge on any atom is -0.368 e. The van der Waals surface area contributed by atoms with Crippen molar-refractivity contribution in [2.24, 2.45) is 0 Å². The first-order chi connectivity index (χ1) is 13.2. The Hall–Kier alpha value is -3.42. The molecule has 0 fully saturated rings. The summed E-state index contributed by atoms with van der Waals surface area (Å²) in [6.07, 6.45) is 3.54. The van der Waals surface area contributed by atoms with E-state index in [1.807, 2.05) is 50.4 Å². The van der Waals surface area contributed by atoms with Gasteiger partial charge in [0.2, 0.25) is 5.95 Å². The van der Waals surface area contributed by atoms with Crippen LogP contribution in [0.3, 0.4) is 0 Å². The molecule has 0 atom stereocenters. The summed E-state index contributed by atoms with van der Waals surface area (Å²) in [4.78, 5) is 21.1. The van der Waals surface area contributed by atoms with E-state index in [1.54, 1.807) is 16.9 Å². The second kappa shape index (κ2) is 8.79. The van der Waals surface area contributed by atoms with Crippen molar-refractivity contribution in [3.63, 3.8) is 0 Å².